The smallest absolute Gasteiger partial charge is 0.412 e. The number of nitrogens with one attached hydrogen (secondary N) is 1. The average Bonchev–Trinajstić information content (AvgIpc) is 2.36. The lowest BCUT2D eigenvalue weighted by molar-refractivity contribution is -0.142. The van der Waals surface area contributed by atoms with Gasteiger partial charge in [0.15, 0.2) is 6.61 Å². The number of amides is 1. The normalized spacial score (nSPS) is 10.7. The topological polar surface area (TPSA) is 99.9 Å². The number of nitrogens with two attached hydrogens (primary N) is 1. The van der Waals surface area contributed by atoms with Crippen molar-refractivity contribution in [3.8, 4) is 5.75 Å². The van der Waals surface area contributed by atoms with Crippen LogP contribution in [-0.2, 0) is 14.3 Å². The molecule has 1 rings (SSSR count). The molecule has 7 heteroatoms. The van der Waals surface area contributed by atoms with Gasteiger partial charge < -0.3 is 19.9 Å². The third-order valence-electron chi connectivity index (χ3n) is 2.24. The fraction of sp³-hybridized carbons (Fsp3) is 0.429. The van der Waals surface area contributed by atoms with Crippen molar-refractivity contribution < 1.29 is 23.8 Å². The number of methoxy groups -OCH3 is 1. The van der Waals surface area contributed by atoms with Gasteiger partial charge in [-0.15, -0.1) is 0 Å². The molecular weight excluding hydrogens is 276 g/mol. The number of esters is 1. The molecule has 0 unspecified atom stereocenters. The van der Waals surface area contributed by atoms with E-state index in [0.29, 0.717) is 17.1 Å². The molecule has 0 saturated heterocycles. The number of hydrogen-bond acceptors (Lipinski definition) is 6. The minimum absolute atomic E-state index is 0.214. The van der Waals surface area contributed by atoms with E-state index in [1.807, 2.05) is 0 Å². The van der Waals surface area contributed by atoms with Crippen LogP contribution in [0.25, 0.3) is 0 Å². The van der Waals surface area contributed by atoms with E-state index >= 15 is 0 Å². The Labute approximate surface area is 123 Å². The van der Waals surface area contributed by atoms with E-state index in [4.69, 9.17) is 15.2 Å². The molecule has 3 N–H and O–H groups in total. The van der Waals surface area contributed by atoms with Gasteiger partial charge in [0, 0.05) is 6.07 Å². The number of ether oxygens (including phenoxy) is 3. The Morgan fingerprint density at radius 3 is 2.48 bits per heavy atom. The van der Waals surface area contributed by atoms with Crippen LogP contribution in [0.2, 0.25) is 0 Å². The van der Waals surface area contributed by atoms with Gasteiger partial charge >= 0.3 is 12.1 Å². The maximum absolute atomic E-state index is 11.6. The molecule has 0 bridgehead atoms. The molecular formula is C14H20N2O5. The second kappa shape index (κ2) is 6.83. The van der Waals surface area contributed by atoms with Gasteiger partial charge in [0.1, 0.15) is 11.4 Å². The SMILES string of the molecule is COC(=O)COc1ccc(NC(=O)OC(C)(C)C)c(N)c1. The van der Waals surface area contributed by atoms with Crippen molar-refractivity contribution in [3.05, 3.63) is 18.2 Å². The highest BCUT2D eigenvalue weighted by Gasteiger charge is 2.17. The predicted octanol–water partition coefficient (Wildman–Crippen LogP) is 2.17. The van der Waals surface area contributed by atoms with Gasteiger partial charge in [-0.3, -0.25) is 5.32 Å². The molecule has 0 saturated carbocycles. The third-order valence-corrected chi connectivity index (χ3v) is 2.24. The van der Waals surface area contributed by atoms with Crippen LogP contribution in [0, 0.1) is 0 Å². The molecule has 0 aliphatic rings. The summed E-state index contributed by atoms with van der Waals surface area (Å²) in [4.78, 5) is 22.6. The zero-order valence-electron chi connectivity index (χ0n) is 12.6. The lowest BCUT2D eigenvalue weighted by Gasteiger charge is -2.20. The molecule has 116 valence electrons. The molecule has 0 atom stereocenters. The monoisotopic (exact) mass is 296 g/mol. The van der Waals surface area contributed by atoms with Crippen molar-refractivity contribution in [2.45, 2.75) is 26.4 Å². The van der Waals surface area contributed by atoms with Crippen LogP contribution in [0.5, 0.6) is 5.75 Å². The van der Waals surface area contributed by atoms with Gasteiger partial charge in [-0.2, -0.15) is 0 Å². The van der Waals surface area contributed by atoms with Crippen LogP contribution in [0.15, 0.2) is 18.2 Å². The molecule has 1 amide bonds. The summed E-state index contributed by atoms with van der Waals surface area (Å²) in [5.41, 5.74) is 5.90. The molecule has 0 aromatic heterocycles. The maximum Gasteiger partial charge on any atom is 0.412 e. The Kier molecular flexibility index (Phi) is 5.40. The van der Waals surface area contributed by atoms with E-state index < -0.39 is 17.7 Å². The predicted molar refractivity (Wildman–Crippen MR) is 78.2 cm³/mol. The maximum atomic E-state index is 11.6. The zero-order chi connectivity index (χ0) is 16.0. The van der Waals surface area contributed by atoms with E-state index in [1.165, 1.54) is 13.2 Å². The quantitative estimate of drug-likeness (QED) is 0.652. The molecule has 7 nitrogen and oxygen atoms in total. The van der Waals surface area contributed by atoms with E-state index in [2.05, 4.69) is 10.1 Å². The van der Waals surface area contributed by atoms with Crippen molar-refractivity contribution in [2.24, 2.45) is 0 Å². The fourth-order valence-corrected chi connectivity index (χ4v) is 1.36. The molecule has 21 heavy (non-hydrogen) atoms. The standard InChI is InChI=1S/C14H20N2O5/c1-14(2,3)21-13(18)16-11-6-5-9(7-10(11)15)20-8-12(17)19-4/h5-7H,8,15H2,1-4H3,(H,16,18). The first-order valence-electron chi connectivity index (χ1n) is 6.30. The Morgan fingerprint density at radius 1 is 1.29 bits per heavy atom. The van der Waals surface area contributed by atoms with Crippen molar-refractivity contribution in [1.82, 2.24) is 0 Å². The number of benzene rings is 1. The summed E-state index contributed by atoms with van der Waals surface area (Å²) in [6.45, 7) is 5.08. The van der Waals surface area contributed by atoms with Gasteiger partial charge in [0.2, 0.25) is 0 Å². The van der Waals surface area contributed by atoms with Crippen molar-refractivity contribution in [3.63, 3.8) is 0 Å². The van der Waals surface area contributed by atoms with Crippen LogP contribution in [0.3, 0.4) is 0 Å². The Hall–Kier alpha value is -2.44. The molecule has 1 aromatic carbocycles. The first kappa shape index (κ1) is 16.6. The lowest BCUT2D eigenvalue weighted by atomic mass is 10.2. The highest BCUT2D eigenvalue weighted by molar-refractivity contribution is 5.89. The second-order valence-corrected chi connectivity index (χ2v) is 5.24. The van der Waals surface area contributed by atoms with E-state index in [-0.39, 0.29) is 6.61 Å². The van der Waals surface area contributed by atoms with Gasteiger partial charge in [0.25, 0.3) is 0 Å². The summed E-state index contributed by atoms with van der Waals surface area (Å²) in [5, 5.41) is 2.54. The Morgan fingerprint density at radius 2 is 1.95 bits per heavy atom. The largest absolute Gasteiger partial charge is 0.482 e. The first-order valence-corrected chi connectivity index (χ1v) is 6.30. The highest BCUT2D eigenvalue weighted by atomic mass is 16.6. The molecule has 0 spiro atoms. The minimum atomic E-state index is -0.600. The molecule has 0 heterocycles. The van der Waals surface area contributed by atoms with E-state index in [1.54, 1.807) is 32.9 Å². The summed E-state index contributed by atoms with van der Waals surface area (Å²) in [7, 11) is 1.27. The minimum Gasteiger partial charge on any atom is -0.482 e. The molecule has 0 aliphatic heterocycles. The summed E-state index contributed by atoms with van der Waals surface area (Å²) in [6, 6.07) is 4.63. The van der Waals surface area contributed by atoms with Crippen LogP contribution in [0.4, 0.5) is 16.2 Å². The van der Waals surface area contributed by atoms with Crippen molar-refractivity contribution in [1.29, 1.82) is 0 Å². The van der Waals surface area contributed by atoms with E-state index in [9.17, 15) is 9.59 Å². The van der Waals surface area contributed by atoms with Crippen molar-refractivity contribution >= 4 is 23.4 Å². The summed E-state index contributed by atoms with van der Waals surface area (Å²) in [6.07, 6.45) is -0.600. The molecule has 1 aromatic rings. The fourth-order valence-electron chi connectivity index (χ4n) is 1.36. The lowest BCUT2D eigenvalue weighted by Crippen LogP contribution is -2.27. The molecule has 0 fully saturated rings. The third kappa shape index (κ3) is 6.03. The summed E-state index contributed by atoms with van der Waals surface area (Å²) < 4.78 is 14.8. The first-order chi connectivity index (χ1) is 9.71. The number of rotatable bonds is 4. The van der Waals surface area contributed by atoms with Gasteiger partial charge in [0.05, 0.1) is 18.5 Å². The number of carbonyl (C=O) groups excluding carboxylic acids is 2. The molecule has 0 radical (unpaired) electrons. The molecule has 0 aliphatic carbocycles. The van der Waals surface area contributed by atoms with Crippen LogP contribution in [0.1, 0.15) is 20.8 Å². The van der Waals surface area contributed by atoms with Crippen LogP contribution >= 0.6 is 0 Å². The van der Waals surface area contributed by atoms with Gasteiger partial charge in [-0.05, 0) is 32.9 Å². The van der Waals surface area contributed by atoms with Crippen LogP contribution in [-0.4, -0.2) is 31.4 Å². The summed E-state index contributed by atoms with van der Waals surface area (Å²) >= 11 is 0. The van der Waals surface area contributed by atoms with Crippen molar-refractivity contribution in [2.75, 3.05) is 24.8 Å². The zero-order valence-corrected chi connectivity index (χ0v) is 12.6. The van der Waals surface area contributed by atoms with Gasteiger partial charge in [-0.1, -0.05) is 0 Å². The number of nitrogen functional groups attached to an aromatic ring is 1. The number of anilines is 2. The second-order valence-electron chi connectivity index (χ2n) is 5.24. The van der Waals surface area contributed by atoms with Crippen LogP contribution < -0.4 is 15.8 Å². The van der Waals surface area contributed by atoms with Gasteiger partial charge in [-0.25, -0.2) is 9.59 Å². The van der Waals surface area contributed by atoms with E-state index in [0.717, 1.165) is 0 Å². The highest BCUT2D eigenvalue weighted by Crippen LogP contribution is 2.25. The Balaban J connectivity index is 2.66. The Bertz CT molecular complexity index is 523. The average molecular weight is 296 g/mol. The summed E-state index contributed by atoms with van der Waals surface area (Å²) in [5.74, 6) is -0.0998. The number of hydrogen-bond donors (Lipinski definition) is 2. The number of carbonyl (C=O) groups is 2.